The van der Waals surface area contributed by atoms with Crippen LogP contribution in [-0.4, -0.2) is 24.7 Å². The highest BCUT2D eigenvalue weighted by Crippen LogP contribution is 2.29. The van der Waals surface area contributed by atoms with Crippen molar-refractivity contribution in [2.24, 2.45) is 0 Å². The Bertz CT molecular complexity index is 776. The highest BCUT2D eigenvalue weighted by Gasteiger charge is 2.21. The lowest BCUT2D eigenvalue weighted by atomic mass is 10.2. The molecule has 1 aromatic carbocycles. The summed E-state index contributed by atoms with van der Waals surface area (Å²) in [6.45, 7) is -0.0819. The van der Waals surface area contributed by atoms with Crippen LogP contribution in [0.25, 0.3) is 0 Å². The Morgan fingerprint density at radius 1 is 1.48 bits per heavy atom. The molecule has 7 nitrogen and oxygen atoms in total. The van der Waals surface area contributed by atoms with Gasteiger partial charge in [-0.05, 0) is 28.1 Å². The van der Waals surface area contributed by atoms with E-state index in [1.165, 1.54) is 18.4 Å². The molecule has 0 aliphatic rings. The molecule has 0 aliphatic carbocycles. The van der Waals surface area contributed by atoms with Gasteiger partial charge in [0.1, 0.15) is 6.26 Å². The van der Waals surface area contributed by atoms with Crippen LogP contribution < -0.4 is 4.72 Å². The van der Waals surface area contributed by atoms with Crippen LogP contribution in [0.5, 0.6) is 0 Å². The lowest BCUT2D eigenvalue weighted by Crippen LogP contribution is -2.23. The number of nitrogens with one attached hydrogen (secondary N) is 1. The number of hydrogen-bond acceptors (Lipinski definition) is 5. The summed E-state index contributed by atoms with van der Waals surface area (Å²) in [5, 5.41) is 12.5. The Morgan fingerprint density at radius 3 is 2.76 bits per heavy atom. The van der Waals surface area contributed by atoms with E-state index in [1.807, 2.05) is 0 Å². The number of aromatic carboxylic acids is 1. The second kappa shape index (κ2) is 6.14. The molecule has 21 heavy (non-hydrogen) atoms. The highest BCUT2D eigenvalue weighted by atomic mass is 79.9. The Hall–Kier alpha value is -1.42. The third-order valence-corrected chi connectivity index (χ3v) is 5.12. The number of carboxylic acids is 1. The first-order valence-corrected chi connectivity index (χ1v) is 8.08. The van der Waals surface area contributed by atoms with Crippen molar-refractivity contribution in [3.63, 3.8) is 0 Å². The number of carboxylic acid groups (broad SMARTS) is 1. The lowest BCUT2D eigenvalue weighted by molar-refractivity contribution is 0.0696. The number of halogens is 2. The second-order valence-electron chi connectivity index (χ2n) is 3.89. The summed E-state index contributed by atoms with van der Waals surface area (Å²) < 4.78 is 31.3. The molecule has 0 saturated carbocycles. The van der Waals surface area contributed by atoms with Gasteiger partial charge in [0, 0.05) is 10.5 Å². The monoisotopic (exact) mass is 394 g/mol. The minimum atomic E-state index is -3.92. The quantitative estimate of drug-likeness (QED) is 0.803. The molecule has 0 radical (unpaired) electrons. The summed E-state index contributed by atoms with van der Waals surface area (Å²) in [5.41, 5.74) is 0.0814. The van der Waals surface area contributed by atoms with Gasteiger partial charge in [0.05, 0.1) is 27.7 Å². The number of aromatic nitrogens is 1. The Balaban J connectivity index is 2.33. The summed E-state index contributed by atoms with van der Waals surface area (Å²) in [5.74, 6) is -1.32. The van der Waals surface area contributed by atoms with Gasteiger partial charge in [-0.1, -0.05) is 16.8 Å². The van der Waals surface area contributed by atoms with Crippen LogP contribution in [0.2, 0.25) is 5.02 Å². The number of benzene rings is 1. The van der Waals surface area contributed by atoms with Crippen molar-refractivity contribution < 1.29 is 22.8 Å². The van der Waals surface area contributed by atoms with Crippen LogP contribution >= 0.6 is 27.5 Å². The number of carbonyl (C=O) groups is 1. The topological polar surface area (TPSA) is 110 Å². The minimum Gasteiger partial charge on any atom is -0.478 e. The van der Waals surface area contributed by atoms with Gasteiger partial charge in [0.25, 0.3) is 0 Å². The average Bonchev–Trinajstić information content (AvgIpc) is 2.92. The molecule has 0 bridgehead atoms. The Labute approximate surface area is 133 Å². The fourth-order valence-electron chi connectivity index (χ4n) is 1.46. The number of hydrogen-bond donors (Lipinski definition) is 2. The first-order chi connectivity index (χ1) is 9.81. The molecule has 2 rings (SSSR count). The molecular formula is C11H8BrClN2O5S. The Morgan fingerprint density at radius 2 is 2.19 bits per heavy atom. The maximum absolute atomic E-state index is 12.1. The first-order valence-electron chi connectivity index (χ1n) is 5.42. The van der Waals surface area contributed by atoms with E-state index in [0.29, 0.717) is 5.69 Å². The normalized spacial score (nSPS) is 11.5. The van der Waals surface area contributed by atoms with Crippen LogP contribution in [0.15, 0.2) is 38.4 Å². The minimum absolute atomic E-state index is 0.0713. The van der Waals surface area contributed by atoms with Gasteiger partial charge < -0.3 is 9.63 Å². The van der Waals surface area contributed by atoms with Gasteiger partial charge in [-0.3, -0.25) is 0 Å². The van der Waals surface area contributed by atoms with E-state index >= 15 is 0 Å². The zero-order chi connectivity index (χ0) is 15.6. The van der Waals surface area contributed by atoms with Crippen LogP contribution in [0.3, 0.4) is 0 Å². The maximum Gasteiger partial charge on any atom is 0.337 e. The van der Waals surface area contributed by atoms with Crippen molar-refractivity contribution in [2.45, 2.75) is 11.4 Å². The molecular weight excluding hydrogens is 388 g/mol. The standard InChI is InChI=1S/C11H8BrClN2O5S/c12-9-4-7(3-8(10(9)13)11(16)17)21(18,19)14-5-6-1-2-20-15-6/h1-4,14H,5H2,(H,16,17). The number of nitrogens with zero attached hydrogens (tertiary/aromatic N) is 1. The molecule has 0 fully saturated rings. The van der Waals surface area contributed by atoms with Crippen LogP contribution in [0.4, 0.5) is 0 Å². The summed E-state index contributed by atoms with van der Waals surface area (Å²) in [6, 6.07) is 3.71. The van der Waals surface area contributed by atoms with E-state index in [9.17, 15) is 13.2 Å². The van der Waals surface area contributed by atoms with E-state index < -0.39 is 16.0 Å². The van der Waals surface area contributed by atoms with Crippen molar-refractivity contribution in [2.75, 3.05) is 0 Å². The average molecular weight is 396 g/mol. The van der Waals surface area contributed by atoms with E-state index in [-0.39, 0.29) is 26.5 Å². The number of rotatable bonds is 5. The van der Waals surface area contributed by atoms with Crippen LogP contribution in [-0.2, 0) is 16.6 Å². The Kier molecular flexibility index (Phi) is 4.67. The molecule has 1 aromatic heterocycles. The van der Waals surface area contributed by atoms with Crippen molar-refractivity contribution in [1.82, 2.24) is 9.88 Å². The fraction of sp³-hybridized carbons (Fsp3) is 0.0909. The SMILES string of the molecule is O=C(O)c1cc(S(=O)(=O)NCc2ccon2)cc(Br)c1Cl. The van der Waals surface area contributed by atoms with Gasteiger partial charge >= 0.3 is 5.97 Å². The van der Waals surface area contributed by atoms with Gasteiger partial charge in [-0.15, -0.1) is 0 Å². The molecule has 112 valence electrons. The third kappa shape index (κ3) is 3.62. The van der Waals surface area contributed by atoms with Crippen LogP contribution in [0, 0.1) is 0 Å². The highest BCUT2D eigenvalue weighted by molar-refractivity contribution is 9.10. The van der Waals surface area contributed by atoms with Crippen LogP contribution in [0.1, 0.15) is 16.1 Å². The molecule has 10 heteroatoms. The molecule has 0 aliphatic heterocycles. The molecule has 1 heterocycles. The van der Waals surface area contributed by atoms with Crippen molar-refractivity contribution in [1.29, 1.82) is 0 Å². The predicted molar refractivity (Wildman–Crippen MR) is 76.6 cm³/mol. The van der Waals surface area contributed by atoms with Gasteiger partial charge in [0.15, 0.2) is 0 Å². The molecule has 0 spiro atoms. The van der Waals surface area contributed by atoms with Gasteiger partial charge in [-0.2, -0.15) is 0 Å². The smallest absolute Gasteiger partial charge is 0.337 e. The molecule has 0 unspecified atom stereocenters. The molecule has 2 N–H and O–H groups in total. The predicted octanol–water partition coefficient (Wildman–Crippen LogP) is 2.27. The summed E-state index contributed by atoms with van der Waals surface area (Å²) in [4.78, 5) is 10.8. The second-order valence-corrected chi connectivity index (χ2v) is 6.89. The fourth-order valence-corrected chi connectivity index (χ4v) is 3.31. The first kappa shape index (κ1) is 16.0. The molecule has 0 amide bonds. The summed E-state index contributed by atoms with van der Waals surface area (Å²) >= 11 is 8.84. The summed E-state index contributed by atoms with van der Waals surface area (Å²) in [7, 11) is -3.92. The third-order valence-electron chi connectivity index (χ3n) is 2.48. The zero-order valence-corrected chi connectivity index (χ0v) is 13.4. The van der Waals surface area contributed by atoms with E-state index in [4.69, 9.17) is 16.7 Å². The molecule has 2 aromatic rings. The number of sulfonamides is 1. The maximum atomic E-state index is 12.1. The zero-order valence-electron chi connectivity index (χ0n) is 10.2. The lowest BCUT2D eigenvalue weighted by Gasteiger charge is -2.08. The van der Waals surface area contributed by atoms with Gasteiger partial charge in [0.2, 0.25) is 10.0 Å². The summed E-state index contributed by atoms with van der Waals surface area (Å²) in [6.07, 6.45) is 1.31. The molecule has 0 atom stereocenters. The van der Waals surface area contributed by atoms with Crippen molar-refractivity contribution in [3.8, 4) is 0 Å². The molecule has 0 saturated heterocycles. The largest absolute Gasteiger partial charge is 0.478 e. The van der Waals surface area contributed by atoms with Gasteiger partial charge in [-0.25, -0.2) is 17.9 Å². The van der Waals surface area contributed by atoms with Crippen molar-refractivity contribution in [3.05, 3.63) is 45.2 Å². The van der Waals surface area contributed by atoms with E-state index in [1.54, 1.807) is 0 Å². The van der Waals surface area contributed by atoms with Crippen molar-refractivity contribution >= 4 is 43.5 Å². The van der Waals surface area contributed by atoms with E-state index in [0.717, 1.165) is 6.07 Å². The van der Waals surface area contributed by atoms with E-state index in [2.05, 4.69) is 30.3 Å².